The molecule has 2 heterocycles. The fourth-order valence-electron chi connectivity index (χ4n) is 2.13. The van der Waals surface area contributed by atoms with Gasteiger partial charge in [-0.05, 0) is 12.8 Å². The number of amides is 2. The predicted octanol–water partition coefficient (Wildman–Crippen LogP) is -0.525. The van der Waals surface area contributed by atoms with Crippen molar-refractivity contribution < 1.29 is 29.0 Å². The molecule has 0 aromatic rings. The number of carboxylic acid groups (broad SMARTS) is 1. The molecular formula is C13H20N2O6. The fourth-order valence-corrected chi connectivity index (χ4v) is 2.13. The maximum Gasteiger partial charge on any atom is 0.325 e. The molecule has 0 radical (unpaired) electrons. The van der Waals surface area contributed by atoms with E-state index in [-0.39, 0.29) is 30.9 Å². The molecule has 21 heavy (non-hydrogen) atoms. The van der Waals surface area contributed by atoms with Gasteiger partial charge in [-0.25, -0.2) is 0 Å². The summed E-state index contributed by atoms with van der Waals surface area (Å²) in [5, 5.41) is 8.30. The summed E-state index contributed by atoms with van der Waals surface area (Å²) in [7, 11) is 1.32. The van der Waals surface area contributed by atoms with Crippen LogP contribution in [0, 0.1) is 0 Å². The van der Waals surface area contributed by atoms with E-state index in [2.05, 4.69) is 4.74 Å². The lowest BCUT2D eigenvalue weighted by Crippen LogP contribution is -2.31. The monoisotopic (exact) mass is 300 g/mol. The van der Waals surface area contributed by atoms with Gasteiger partial charge in [0.05, 0.1) is 7.11 Å². The molecule has 2 aliphatic heterocycles. The maximum absolute atomic E-state index is 10.9. The van der Waals surface area contributed by atoms with Crippen LogP contribution in [0.3, 0.4) is 0 Å². The van der Waals surface area contributed by atoms with E-state index < -0.39 is 5.97 Å². The van der Waals surface area contributed by atoms with Crippen molar-refractivity contribution in [1.29, 1.82) is 0 Å². The third kappa shape index (κ3) is 5.80. The Hall–Kier alpha value is -2.12. The standard InChI is InChI=1S/C7H11NO3.C6H9NO3/c1-11-7(10)5-8-4-2-3-6(8)9;8-5-2-1-3-7(5)4-6(9)10/h2-5H2,1H3;1-4H2,(H,9,10). The summed E-state index contributed by atoms with van der Waals surface area (Å²) in [4.78, 5) is 45.4. The summed E-state index contributed by atoms with van der Waals surface area (Å²) in [5.41, 5.74) is 0. The largest absolute Gasteiger partial charge is 0.480 e. The van der Waals surface area contributed by atoms with Crippen LogP contribution in [0.1, 0.15) is 25.7 Å². The van der Waals surface area contributed by atoms with Gasteiger partial charge >= 0.3 is 11.9 Å². The van der Waals surface area contributed by atoms with E-state index in [4.69, 9.17) is 5.11 Å². The van der Waals surface area contributed by atoms with Crippen molar-refractivity contribution in [3.63, 3.8) is 0 Å². The van der Waals surface area contributed by atoms with Gasteiger partial charge in [-0.1, -0.05) is 0 Å². The van der Waals surface area contributed by atoms with Crippen LogP contribution in [0.2, 0.25) is 0 Å². The minimum Gasteiger partial charge on any atom is -0.480 e. The first kappa shape index (κ1) is 16.9. The van der Waals surface area contributed by atoms with Crippen molar-refractivity contribution in [3.8, 4) is 0 Å². The van der Waals surface area contributed by atoms with Crippen LogP contribution in [0.25, 0.3) is 0 Å². The number of esters is 1. The molecule has 8 heteroatoms. The molecule has 118 valence electrons. The molecule has 0 aromatic carbocycles. The normalized spacial score (nSPS) is 17.6. The van der Waals surface area contributed by atoms with Crippen molar-refractivity contribution in [2.24, 2.45) is 0 Å². The van der Waals surface area contributed by atoms with Crippen molar-refractivity contribution in [1.82, 2.24) is 9.80 Å². The molecule has 0 bridgehead atoms. The third-order valence-corrected chi connectivity index (χ3v) is 3.22. The molecule has 0 atom stereocenters. The van der Waals surface area contributed by atoms with E-state index in [1.54, 1.807) is 0 Å². The Bertz CT molecular complexity index is 423. The van der Waals surface area contributed by atoms with E-state index in [0.717, 1.165) is 12.8 Å². The van der Waals surface area contributed by atoms with Gasteiger partial charge < -0.3 is 19.6 Å². The van der Waals surface area contributed by atoms with Crippen LogP contribution in [0.4, 0.5) is 0 Å². The summed E-state index contributed by atoms with van der Waals surface area (Å²) in [6.45, 7) is 1.26. The number of rotatable bonds is 4. The number of carbonyl (C=O) groups is 4. The Labute approximate surface area is 122 Å². The molecule has 2 fully saturated rings. The Morgan fingerprint density at radius 1 is 1.05 bits per heavy atom. The van der Waals surface area contributed by atoms with Crippen molar-refractivity contribution in [3.05, 3.63) is 0 Å². The molecular weight excluding hydrogens is 280 g/mol. The second-order valence-corrected chi connectivity index (χ2v) is 4.81. The summed E-state index contributed by atoms with van der Waals surface area (Å²) >= 11 is 0. The molecule has 2 saturated heterocycles. The zero-order valence-corrected chi connectivity index (χ0v) is 12.0. The second-order valence-electron chi connectivity index (χ2n) is 4.81. The van der Waals surface area contributed by atoms with Gasteiger partial charge in [0.15, 0.2) is 0 Å². The fraction of sp³-hybridized carbons (Fsp3) is 0.692. The van der Waals surface area contributed by atoms with Gasteiger partial charge in [0, 0.05) is 25.9 Å². The number of hydrogen-bond donors (Lipinski definition) is 1. The molecule has 0 spiro atoms. The highest BCUT2D eigenvalue weighted by Crippen LogP contribution is 2.08. The number of nitrogens with zero attached hydrogens (tertiary/aromatic N) is 2. The van der Waals surface area contributed by atoms with Crippen LogP contribution in [0.5, 0.6) is 0 Å². The molecule has 2 rings (SSSR count). The minimum atomic E-state index is -0.935. The number of ether oxygens (including phenoxy) is 1. The highest BCUT2D eigenvalue weighted by molar-refractivity contribution is 5.83. The smallest absolute Gasteiger partial charge is 0.325 e. The summed E-state index contributed by atoms with van der Waals surface area (Å²) in [6, 6.07) is 0. The summed E-state index contributed by atoms with van der Waals surface area (Å²) in [6.07, 6.45) is 2.73. The first-order chi connectivity index (χ1) is 9.93. The minimum absolute atomic E-state index is 0.0394. The number of likely N-dealkylation sites (tertiary alicyclic amines) is 2. The number of carboxylic acids is 1. The van der Waals surface area contributed by atoms with E-state index in [9.17, 15) is 19.2 Å². The molecule has 0 aromatic heterocycles. The molecule has 8 nitrogen and oxygen atoms in total. The van der Waals surface area contributed by atoms with E-state index in [1.165, 1.54) is 16.9 Å². The lowest BCUT2D eigenvalue weighted by Gasteiger charge is -2.12. The number of methoxy groups -OCH3 is 1. The Morgan fingerprint density at radius 3 is 1.86 bits per heavy atom. The zero-order chi connectivity index (χ0) is 15.8. The SMILES string of the molecule is COC(=O)CN1CCCC1=O.O=C(O)CN1CCCC1=O. The van der Waals surface area contributed by atoms with Gasteiger partial charge in [0.25, 0.3) is 0 Å². The van der Waals surface area contributed by atoms with Gasteiger partial charge in [-0.2, -0.15) is 0 Å². The van der Waals surface area contributed by atoms with Crippen LogP contribution < -0.4 is 0 Å². The van der Waals surface area contributed by atoms with Crippen LogP contribution in [0.15, 0.2) is 0 Å². The Balaban J connectivity index is 0.000000211. The Kier molecular flexibility index (Phi) is 6.64. The highest BCUT2D eigenvalue weighted by Gasteiger charge is 2.22. The van der Waals surface area contributed by atoms with Gasteiger partial charge in [0.1, 0.15) is 13.1 Å². The van der Waals surface area contributed by atoms with Crippen molar-refractivity contribution >= 4 is 23.8 Å². The molecule has 2 amide bonds. The van der Waals surface area contributed by atoms with E-state index in [1.807, 2.05) is 0 Å². The van der Waals surface area contributed by atoms with Gasteiger partial charge in [0.2, 0.25) is 11.8 Å². The van der Waals surface area contributed by atoms with Gasteiger partial charge in [-0.3, -0.25) is 19.2 Å². The number of hydrogen-bond acceptors (Lipinski definition) is 5. The third-order valence-electron chi connectivity index (χ3n) is 3.22. The summed E-state index contributed by atoms with van der Waals surface area (Å²) in [5.74, 6) is -1.27. The van der Waals surface area contributed by atoms with Crippen LogP contribution in [-0.2, 0) is 23.9 Å². The summed E-state index contributed by atoms with van der Waals surface area (Å²) < 4.78 is 4.43. The quantitative estimate of drug-likeness (QED) is 0.700. The molecule has 2 aliphatic rings. The molecule has 1 N–H and O–H groups in total. The van der Waals surface area contributed by atoms with Crippen molar-refractivity contribution in [2.75, 3.05) is 33.3 Å². The van der Waals surface area contributed by atoms with Crippen LogP contribution in [-0.4, -0.2) is 71.9 Å². The molecule has 0 saturated carbocycles. The average Bonchev–Trinajstić information content (AvgIpc) is 3.00. The van der Waals surface area contributed by atoms with Crippen LogP contribution >= 0.6 is 0 Å². The van der Waals surface area contributed by atoms with E-state index in [0.29, 0.717) is 25.9 Å². The first-order valence-corrected chi connectivity index (χ1v) is 6.78. The molecule has 0 unspecified atom stereocenters. The average molecular weight is 300 g/mol. The van der Waals surface area contributed by atoms with Gasteiger partial charge in [-0.15, -0.1) is 0 Å². The first-order valence-electron chi connectivity index (χ1n) is 6.78. The second kappa shape index (κ2) is 8.23. The highest BCUT2D eigenvalue weighted by atomic mass is 16.5. The predicted molar refractivity (Wildman–Crippen MR) is 71.3 cm³/mol. The Morgan fingerprint density at radius 2 is 1.52 bits per heavy atom. The maximum atomic E-state index is 10.9. The van der Waals surface area contributed by atoms with E-state index >= 15 is 0 Å². The lowest BCUT2D eigenvalue weighted by atomic mass is 10.4. The topological polar surface area (TPSA) is 104 Å². The zero-order valence-electron chi connectivity index (χ0n) is 12.0. The number of aliphatic carboxylic acids is 1. The van der Waals surface area contributed by atoms with Crippen molar-refractivity contribution in [2.45, 2.75) is 25.7 Å². The molecule has 0 aliphatic carbocycles. The lowest BCUT2D eigenvalue weighted by molar-refractivity contribution is -0.145. The number of carbonyl (C=O) groups excluding carboxylic acids is 3.